The summed E-state index contributed by atoms with van der Waals surface area (Å²) in [5.74, 6) is 0.881. The Balaban J connectivity index is 1.61. The van der Waals surface area contributed by atoms with Gasteiger partial charge in [-0.25, -0.2) is 8.42 Å². The Labute approximate surface area is 158 Å². The van der Waals surface area contributed by atoms with Gasteiger partial charge in [-0.2, -0.15) is 4.72 Å². The Bertz CT molecular complexity index is 972. The Morgan fingerprint density at radius 2 is 1.85 bits per heavy atom. The van der Waals surface area contributed by atoms with Gasteiger partial charge >= 0.3 is 0 Å². The van der Waals surface area contributed by atoms with Crippen LogP contribution in [0.2, 0.25) is 0 Å². The molecule has 0 aromatic heterocycles. The second-order valence-corrected chi connectivity index (χ2v) is 8.20. The van der Waals surface area contributed by atoms with Gasteiger partial charge in [0, 0.05) is 6.54 Å². The first kappa shape index (κ1) is 19.2. The number of carbonyl (C=O) groups is 1. The van der Waals surface area contributed by atoms with Gasteiger partial charge in [0.25, 0.3) is 0 Å². The highest BCUT2D eigenvalue weighted by atomic mass is 32.2. The van der Waals surface area contributed by atoms with E-state index in [0.29, 0.717) is 17.1 Å². The summed E-state index contributed by atoms with van der Waals surface area (Å²) in [6.45, 7) is 5.57. The molecule has 2 aromatic carbocycles. The minimum absolute atomic E-state index is 0.170. The van der Waals surface area contributed by atoms with Crippen LogP contribution in [0.4, 0.5) is 0 Å². The molecule has 7 nitrogen and oxygen atoms in total. The van der Waals surface area contributed by atoms with E-state index in [0.717, 1.165) is 11.1 Å². The lowest BCUT2D eigenvalue weighted by atomic mass is 10.2. The van der Waals surface area contributed by atoms with Crippen molar-refractivity contribution in [1.82, 2.24) is 10.0 Å². The van der Waals surface area contributed by atoms with Gasteiger partial charge in [0.2, 0.25) is 22.7 Å². The predicted octanol–water partition coefficient (Wildman–Crippen LogP) is 2.02. The maximum Gasteiger partial charge on any atom is 0.241 e. The number of sulfonamides is 1. The average molecular weight is 390 g/mol. The molecule has 0 unspecified atom stereocenters. The third-order valence-electron chi connectivity index (χ3n) is 4.25. The molecule has 1 heterocycles. The molecule has 0 aliphatic carbocycles. The molecule has 27 heavy (non-hydrogen) atoms. The van der Waals surface area contributed by atoms with Gasteiger partial charge in [0.1, 0.15) is 0 Å². The van der Waals surface area contributed by atoms with Crippen LogP contribution in [0.25, 0.3) is 0 Å². The fourth-order valence-corrected chi connectivity index (χ4v) is 4.27. The number of aryl methyl sites for hydroxylation is 2. The third-order valence-corrected chi connectivity index (χ3v) is 5.95. The molecule has 8 heteroatoms. The largest absolute Gasteiger partial charge is 0.454 e. The van der Waals surface area contributed by atoms with Crippen molar-refractivity contribution in [2.24, 2.45) is 0 Å². The monoisotopic (exact) mass is 390 g/mol. The molecule has 144 valence electrons. The van der Waals surface area contributed by atoms with Crippen molar-refractivity contribution in [1.29, 1.82) is 0 Å². The van der Waals surface area contributed by atoms with Crippen LogP contribution in [0.3, 0.4) is 0 Å². The van der Waals surface area contributed by atoms with Gasteiger partial charge in [0.15, 0.2) is 11.5 Å². The van der Waals surface area contributed by atoms with Crippen molar-refractivity contribution >= 4 is 15.9 Å². The zero-order valence-corrected chi connectivity index (χ0v) is 16.2. The predicted molar refractivity (Wildman–Crippen MR) is 100 cm³/mol. The number of carbonyl (C=O) groups excluding carboxylic acids is 1. The molecular formula is C19H22N2O5S. The van der Waals surface area contributed by atoms with Crippen molar-refractivity contribution in [3.63, 3.8) is 0 Å². The normalized spacial score (nSPS) is 14.0. The number of fused-ring (bicyclic) bond motifs is 1. The molecule has 0 saturated carbocycles. The number of hydrogen-bond acceptors (Lipinski definition) is 5. The molecule has 1 aliphatic rings. The minimum Gasteiger partial charge on any atom is -0.454 e. The molecule has 1 aliphatic heterocycles. The standard InChI is InChI=1S/C19H22N2O5S/c1-12-4-7-18(13(2)8-12)27(23,24)21-14(3)19(22)20-10-15-5-6-16-17(9-15)26-11-25-16/h4-9,14,21H,10-11H2,1-3H3,(H,20,22)/t14-/m0/s1. The molecule has 0 bridgehead atoms. The molecule has 0 spiro atoms. The highest BCUT2D eigenvalue weighted by molar-refractivity contribution is 7.89. The number of hydrogen-bond donors (Lipinski definition) is 2. The smallest absolute Gasteiger partial charge is 0.241 e. The van der Waals surface area contributed by atoms with Gasteiger partial charge in [-0.15, -0.1) is 0 Å². The van der Waals surface area contributed by atoms with E-state index in [2.05, 4.69) is 10.0 Å². The maximum absolute atomic E-state index is 12.6. The van der Waals surface area contributed by atoms with Gasteiger partial charge in [-0.3, -0.25) is 4.79 Å². The van der Waals surface area contributed by atoms with E-state index >= 15 is 0 Å². The second-order valence-electron chi connectivity index (χ2n) is 6.52. The summed E-state index contributed by atoms with van der Waals surface area (Å²) < 4.78 is 38.1. The highest BCUT2D eigenvalue weighted by Gasteiger charge is 2.23. The van der Waals surface area contributed by atoms with Crippen LogP contribution in [-0.2, 0) is 21.4 Å². The van der Waals surface area contributed by atoms with Gasteiger partial charge in [0.05, 0.1) is 10.9 Å². The van der Waals surface area contributed by atoms with E-state index < -0.39 is 22.0 Å². The molecule has 0 saturated heterocycles. The van der Waals surface area contributed by atoms with Crippen LogP contribution in [0.15, 0.2) is 41.3 Å². The van der Waals surface area contributed by atoms with Crippen molar-refractivity contribution < 1.29 is 22.7 Å². The van der Waals surface area contributed by atoms with Crippen molar-refractivity contribution in [3.05, 3.63) is 53.1 Å². The lowest BCUT2D eigenvalue weighted by Crippen LogP contribution is -2.44. The fourth-order valence-electron chi connectivity index (χ4n) is 2.84. The van der Waals surface area contributed by atoms with Crippen molar-refractivity contribution in [3.8, 4) is 11.5 Å². The summed E-state index contributed by atoms with van der Waals surface area (Å²) >= 11 is 0. The van der Waals surface area contributed by atoms with Gasteiger partial charge in [-0.05, 0) is 50.1 Å². The van der Waals surface area contributed by atoms with Gasteiger partial charge in [-0.1, -0.05) is 23.8 Å². The molecule has 2 aromatic rings. The summed E-state index contributed by atoms with van der Waals surface area (Å²) in [6, 6.07) is 9.53. The second kappa shape index (κ2) is 7.58. The highest BCUT2D eigenvalue weighted by Crippen LogP contribution is 2.32. The van der Waals surface area contributed by atoms with Crippen LogP contribution in [0, 0.1) is 13.8 Å². The zero-order valence-electron chi connectivity index (χ0n) is 15.4. The summed E-state index contributed by atoms with van der Waals surface area (Å²) in [5.41, 5.74) is 2.44. The molecule has 0 radical (unpaired) electrons. The van der Waals surface area contributed by atoms with Crippen LogP contribution >= 0.6 is 0 Å². The molecule has 0 fully saturated rings. The van der Waals surface area contributed by atoms with E-state index in [1.807, 2.05) is 13.0 Å². The molecule has 1 amide bonds. The topological polar surface area (TPSA) is 93.7 Å². The number of amides is 1. The average Bonchev–Trinajstić information content (AvgIpc) is 3.06. The SMILES string of the molecule is Cc1ccc(S(=O)(=O)N[C@@H](C)C(=O)NCc2ccc3c(c2)OCO3)c(C)c1. The van der Waals surface area contributed by atoms with Crippen LogP contribution in [0.5, 0.6) is 11.5 Å². The lowest BCUT2D eigenvalue weighted by molar-refractivity contribution is -0.122. The third kappa shape index (κ3) is 4.40. The number of benzene rings is 2. The molecular weight excluding hydrogens is 368 g/mol. The first-order valence-electron chi connectivity index (χ1n) is 8.52. The summed E-state index contributed by atoms with van der Waals surface area (Å²) in [7, 11) is -3.79. The summed E-state index contributed by atoms with van der Waals surface area (Å²) in [4.78, 5) is 12.5. The quantitative estimate of drug-likeness (QED) is 0.787. The Morgan fingerprint density at radius 3 is 2.59 bits per heavy atom. The van der Waals surface area contributed by atoms with E-state index in [9.17, 15) is 13.2 Å². The molecule has 3 rings (SSSR count). The molecule has 2 N–H and O–H groups in total. The fraction of sp³-hybridized carbons (Fsp3) is 0.316. The lowest BCUT2D eigenvalue weighted by Gasteiger charge is -2.16. The summed E-state index contributed by atoms with van der Waals surface area (Å²) in [6.07, 6.45) is 0. The number of ether oxygens (including phenoxy) is 2. The maximum atomic E-state index is 12.6. The Hall–Kier alpha value is -2.58. The van der Waals surface area contributed by atoms with Crippen molar-refractivity contribution in [2.75, 3.05) is 6.79 Å². The van der Waals surface area contributed by atoms with Crippen LogP contribution in [0.1, 0.15) is 23.6 Å². The number of rotatable bonds is 6. The van der Waals surface area contributed by atoms with E-state index in [-0.39, 0.29) is 18.2 Å². The first-order valence-corrected chi connectivity index (χ1v) is 10.0. The Kier molecular flexibility index (Phi) is 5.38. The van der Waals surface area contributed by atoms with Crippen LogP contribution < -0.4 is 19.5 Å². The molecule has 1 atom stereocenters. The van der Waals surface area contributed by atoms with Crippen LogP contribution in [-0.4, -0.2) is 27.2 Å². The zero-order chi connectivity index (χ0) is 19.6. The van der Waals surface area contributed by atoms with E-state index in [1.54, 1.807) is 37.3 Å². The van der Waals surface area contributed by atoms with E-state index in [4.69, 9.17) is 9.47 Å². The summed E-state index contributed by atoms with van der Waals surface area (Å²) in [5, 5.41) is 2.73. The van der Waals surface area contributed by atoms with Crippen molar-refractivity contribution in [2.45, 2.75) is 38.3 Å². The van der Waals surface area contributed by atoms with Gasteiger partial charge < -0.3 is 14.8 Å². The Morgan fingerprint density at radius 1 is 1.11 bits per heavy atom. The minimum atomic E-state index is -3.79. The van der Waals surface area contributed by atoms with E-state index in [1.165, 1.54) is 6.92 Å². The number of nitrogens with one attached hydrogen (secondary N) is 2. The first-order chi connectivity index (χ1) is 12.8.